The lowest BCUT2D eigenvalue weighted by molar-refractivity contribution is -0.137. The van der Waals surface area contributed by atoms with Crippen LogP contribution < -0.4 is 4.72 Å². The van der Waals surface area contributed by atoms with Crippen molar-refractivity contribution in [2.45, 2.75) is 23.5 Å². The number of halogens is 4. The van der Waals surface area contributed by atoms with Crippen molar-refractivity contribution in [1.29, 1.82) is 0 Å². The van der Waals surface area contributed by atoms with Crippen molar-refractivity contribution >= 4 is 21.6 Å². The lowest BCUT2D eigenvalue weighted by Crippen LogP contribution is -2.38. The van der Waals surface area contributed by atoms with Crippen molar-refractivity contribution in [2.24, 2.45) is 0 Å². The van der Waals surface area contributed by atoms with Crippen LogP contribution in [0.15, 0.2) is 29.2 Å². The van der Waals surface area contributed by atoms with Crippen LogP contribution in [-0.4, -0.2) is 34.1 Å². The van der Waals surface area contributed by atoms with E-state index < -0.39 is 32.7 Å². The molecule has 1 aromatic carbocycles. The molecule has 1 unspecified atom stereocenters. The first-order valence-corrected chi connectivity index (χ1v) is 7.97. The second-order valence-electron chi connectivity index (χ2n) is 4.28. The highest BCUT2D eigenvalue weighted by atomic mass is 35.5. The van der Waals surface area contributed by atoms with Gasteiger partial charge in [0.15, 0.2) is 0 Å². The fraction of sp³-hybridized carbons (Fsp3) is 0.500. The van der Waals surface area contributed by atoms with Gasteiger partial charge in [0, 0.05) is 19.0 Å². The van der Waals surface area contributed by atoms with Gasteiger partial charge in [-0.2, -0.15) is 13.2 Å². The summed E-state index contributed by atoms with van der Waals surface area (Å²) in [6, 6.07) is 2.94. The van der Waals surface area contributed by atoms with Gasteiger partial charge in [-0.3, -0.25) is 0 Å². The lowest BCUT2D eigenvalue weighted by atomic mass is 10.2. The molecule has 0 amide bonds. The summed E-state index contributed by atoms with van der Waals surface area (Å²) >= 11 is 5.55. The lowest BCUT2D eigenvalue weighted by Gasteiger charge is -2.17. The maximum Gasteiger partial charge on any atom is 0.416 e. The monoisotopic (exact) mass is 345 g/mol. The third-order valence-corrected chi connectivity index (χ3v) is 4.36. The number of alkyl halides is 4. The van der Waals surface area contributed by atoms with E-state index in [9.17, 15) is 21.6 Å². The zero-order valence-electron chi connectivity index (χ0n) is 11.2. The number of rotatable bonds is 7. The zero-order chi connectivity index (χ0) is 16.1. The molecule has 0 aliphatic heterocycles. The highest BCUT2D eigenvalue weighted by Gasteiger charge is 2.32. The summed E-state index contributed by atoms with van der Waals surface area (Å²) in [5.74, 6) is 0.194. The zero-order valence-corrected chi connectivity index (χ0v) is 12.7. The molecule has 1 rings (SSSR count). The smallest absolute Gasteiger partial charge is 0.383 e. The minimum atomic E-state index is -4.60. The third kappa shape index (κ3) is 5.46. The van der Waals surface area contributed by atoms with Crippen LogP contribution in [0.2, 0.25) is 0 Å². The van der Waals surface area contributed by atoms with E-state index in [1.54, 1.807) is 0 Å². The number of methoxy groups -OCH3 is 1. The van der Waals surface area contributed by atoms with Crippen LogP contribution in [0.4, 0.5) is 13.2 Å². The van der Waals surface area contributed by atoms with Gasteiger partial charge in [-0.15, -0.1) is 11.6 Å². The van der Waals surface area contributed by atoms with Gasteiger partial charge in [0.05, 0.1) is 17.1 Å². The molecule has 120 valence electrons. The Labute approximate surface area is 126 Å². The molecule has 0 aliphatic rings. The molecule has 0 heterocycles. The average molecular weight is 346 g/mol. The third-order valence-electron chi connectivity index (χ3n) is 2.62. The van der Waals surface area contributed by atoms with Gasteiger partial charge in [0.2, 0.25) is 10.0 Å². The SMILES string of the molecule is COCC(CCCl)NS(=O)(=O)c1cccc(C(F)(F)F)c1. The van der Waals surface area contributed by atoms with E-state index in [4.69, 9.17) is 16.3 Å². The Morgan fingerprint density at radius 3 is 2.57 bits per heavy atom. The van der Waals surface area contributed by atoms with Gasteiger partial charge in [-0.05, 0) is 24.6 Å². The van der Waals surface area contributed by atoms with Gasteiger partial charge in [0.1, 0.15) is 0 Å². The number of nitrogens with one attached hydrogen (secondary N) is 1. The summed E-state index contributed by atoms with van der Waals surface area (Å²) in [6.45, 7) is 0.0743. The molecule has 4 nitrogen and oxygen atoms in total. The Balaban J connectivity index is 3.02. The van der Waals surface area contributed by atoms with E-state index >= 15 is 0 Å². The number of ether oxygens (including phenoxy) is 1. The van der Waals surface area contributed by atoms with Crippen LogP contribution in [0.3, 0.4) is 0 Å². The largest absolute Gasteiger partial charge is 0.416 e. The molecule has 0 saturated heterocycles. The van der Waals surface area contributed by atoms with Crippen molar-refractivity contribution < 1.29 is 26.3 Å². The Kier molecular flexibility index (Phi) is 6.45. The number of hydrogen-bond acceptors (Lipinski definition) is 3. The summed E-state index contributed by atoms with van der Waals surface area (Å²) in [5, 5.41) is 0. The summed E-state index contributed by atoms with van der Waals surface area (Å²) in [6.07, 6.45) is -4.30. The maximum absolute atomic E-state index is 12.6. The summed E-state index contributed by atoms with van der Waals surface area (Å²) in [5.41, 5.74) is -1.02. The molecular formula is C12H15ClF3NO3S. The van der Waals surface area contributed by atoms with E-state index in [0.29, 0.717) is 12.5 Å². The standard InChI is InChI=1S/C12H15ClF3NO3S/c1-20-8-10(5-6-13)17-21(18,19)11-4-2-3-9(7-11)12(14,15)16/h2-4,7,10,17H,5-6,8H2,1H3. The van der Waals surface area contributed by atoms with Gasteiger partial charge in [0.25, 0.3) is 0 Å². The van der Waals surface area contributed by atoms with E-state index in [-0.39, 0.29) is 12.5 Å². The Morgan fingerprint density at radius 1 is 1.38 bits per heavy atom. The molecule has 0 bridgehead atoms. The highest BCUT2D eigenvalue weighted by molar-refractivity contribution is 7.89. The molecule has 0 saturated carbocycles. The van der Waals surface area contributed by atoms with Crippen molar-refractivity contribution in [3.05, 3.63) is 29.8 Å². The van der Waals surface area contributed by atoms with E-state index in [2.05, 4.69) is 4.72 Å². The van der Waals surface area contributed by atoms with Gasteiger partial charge in [-0.1, -0.05) is 6.07 Å². The van der Waals surface area contributed by atoms with Crippen LogP contribution in [0.1, 0.15) is 12.0 Å². The second kappa shape index (κ2) is 7.44. The molecular weight excluding hydrogens is 331 g/mol. The molecule has 0 radical (unpaired) electrons. The van der Waals surface area contributed by atoms with E-state index in [1.807, 2.05) is 0 Å². The van der Waals surface area contributed by atoms with Crippen molar-refractivity contribution in [2.75, 3.05) is 19.6 Å². The van der Waals surface area contributed by atoms with E-state index in [0.717, 1.165) is 18.2 Å². The molecule has 0 aromatic heterocycles. The van der Waals surface area contributed by atoms with Crippen molar-refractivity contribution in [3.8, 4) is 0 Å². The number of hydrogen-bond donors (Lipinski definition) is 1. The topological polar surface area (TPSA) is 55.4 Å². The summed E-state index contributed by atoms with van der Waals surface area (Å²) in [4.78, 5) is -0.451. The first-order valence-electron chi connectivity index (χ1n) is 5.95. The Hall–Kier alpha value is -0.830. The number of benzene rings is 1. The molecule has 0 fully saturated rings. The van der Waals surface area contributed by atoms with Crippen LogP contribution >= 0.6 is 11.6 Å². The summed E-state index contributed by atoms with van der Waals surface area (Å²) in [7, 11) is -2.69. The molecule has 21 heavy (non-hydrogen) atoms. The van der Waals surface area contributed by atoms with Crippen LogP contribution in [-0.2, 0) is 20.9 Å². The minimum Gasteiger partial charge on any atom is -0.383 e. The first kappa shape index (κ1) is 18.2. The summed E-state index contributed by atoms with van der Waals surface area (Å²) < 4.78 is 69.1. The molecule has 9 heteroatoms. The fourth-order valence-corrected chi connectivity index (χ4v) is 3.20. The Morgan fingerprint density at radius 2 is 2.05 bits per heavy atom. The first-order chi connectivity index (χ1) is 9.70. The minimum absolute atomic E-state index is 0.0743. The van der Waals surface area contributed by atoms with Gasteiger partial charge >= 0.3 is 6.18 Å². The molecule has 1 atom stereocenters. The van der Waals surface area contributed by atoms with Gasteiger partial charge < -0.3 is 4.74 Å². The normalized spacial score (nSPS) is 14.1. The van der Waals surface area contributed by atoms with Crippen LogP contribution in [0.5, 0.6) is 0 Å². The second-order valence-corrected chi connectivity index (χ2v) is 6.37. The maximum atomic E-state index is 12.6. The van der Waals surface area contributed by atoms with Crippen molar-refractivity contribution in [1.82, 2.24) is 4.72 Å². The molecule has 1 aromatic rings. The Bertz CT molecular complexity index is 557. The van der Waals surface area contributed by atoms with Gasteiger partial charge in [-0.25, -0.2) is 13.1 Å². The molecule has 1 N–H and O–H groups in total. The van der Waals surface area contributed by atoms with E-state index in [1.165, 1.54) is 7.11 Å². The predicted octanol–water partition coefficient (Wildman–Crippen LogP) is 2.63. The van der Waals surface area contributed by atoms with Crippen molar-refractivity contribution in [3.63, 3.8) is 0 Å². The number of sulfonamides is 1. The quantitative estimate of drug-likeness (QED) is 0.773. The predicted molar refractivity (Wildman–Crippen MR) is 72.8 cm³/mol. The fourth-order valence-electron chi connectivity index (χ4n) is 1.64. The highest BCUT2D eigenvalue weighted by Crippen LogP contribution is 2.30. The average Bonchev–Trinajstić information content (AvgIpc) is 2.38. The van der Waals surface area contributed by atoms with Crippen LogP contribution in [0.25, 0.3) is 0 Å². The molecule has 0 aliphatic carbocycles. The molecule has 0 spiro atoms. The van der Waals surface area contributed by atoms with Crippen LogP contribution in [0, 0.1) is 0 Å².